The van der Waals surface area contributed by atoms with Crippen LogP contribution in [-0.2, 0) is 4.79 Å². The summed E-state index contributed by atoms with van der Waals surface area (Å²) in [5.74, 6) is -0.673. The molecule has 0 atom stereocenters. The SMILES string of the molecule is O=C(CSc1nncs1)NNC(=O)c1ccccc1Cl. The van der Waals surface area contributed by atoms with Crippen LogP contribution in [0.4, 0.5) is 0 Å². The van der Waals surface area contributed by atoms with Crippen molar-refractivity contribution in [2.45, 2.75) is 4.34 Å². The number of nitrogens with one attached hydrogen (secondary N) is 2. The molecule has 2 rings (SSSR count). The molecule has 1 aromatic heterocycles. The molecule has 6 nitrogen and oxygen atoms in total. The maximum absolute atomic E-state index is 11.8. The number of benzene rings is 1. The highest BCUT2D eigenvalue weighted by molar-refractivity contribution is 8.01. The number of carbonyl (C=O) groups excluding carboxylic acids is 2. The van der Waals surface area contributed by atoms with Gasteiger partial charge in [-0.2, -0.15) is 0 Å². The normalized spacial score (nSPS) is 10.1. The summed E-state index contributed by atoms with van der Waals surface area (Å²) in [4.78, 5) is 23.3. The van der Waals surface area contributed by atoms with Crippen LogP contribution < -0.4 is 10.9 Å². The fourth-order valence-electron chi connectivity index (χ4n) is 1.23. The molecule has 9 heteroatoms. The van der Waals surface area contributed by atoms with E-state index in [0.29, 0.717) is 14.9 Å². The molecule has 0 saturated heterocycles. The van der Waals surface area contributed by atoms with E-state index >= 15 is 0 Å². The summed E-state index contributed by atoms with van der Waals surface area (Å²) in [6.07, 6.45) is 0. The van der Waals surface area contributed by atoms with Crippen LogP contribution in [0.15, 0.2) is 34.1 Å². The van der Waals surface area contributed by atoms with Gasteiger partial charge in [0.2, 0.25) is 5.91 Å². The number of halogens is 1. The predicted molar refractivity (Wildman–Crippen MR) is 77.7 cm³/mol. The lowest BCUT2D eigenvalue weighted by Crippen LogP contribution is -2.42. The van der Waals surface area contributed by atoms with Crippen LogP contribution in [-0.4, -0.2) is 27.8 Å². The van der Waals surface area contributed by atoms with Crippen molar-refractivity contribution in [3.63, 3.8) is 0 Å². The number of carbonyl (C=O) groups is 2. The molecule has 0 fully saturated rings. The van der Waals surface area contributed by atoms with Crippen LogP contribution in [0.2, 0.25) is 5.02 Å². The van der Waals surface area contributed by atoms with Gasteiger partial charge in [-0.3, -0.25) is 20.4 Å². The number of rotatable bonds is 4. The third-order valence-electron chi connectivity index (χ3n) is 2.10. The van der Waals surface area contributed by atoms with Gasteiger partial charge in [-0.05, 0) is 12.1 Å². The van der Waals surface area contributed by atoms with Gasteiger partial charge in [-0.25, -0.2) is 0 Å². The highest BCUT2D eigenvalue weighted by atomic mass is 35.5. The summed E-state index contributed by atoms with van der Waals surface area (Å²) in [6, 6.07) is 6.58. The number of hydrogen-bond acceptors (Lipinski definition) is 6. The molecule has 0 radical (unpaired) electrons. The Morgan fingerprint density at radius 3 is 2.80 bits per heavy atom. The minimum Gasteiger partial charge on any atom is -0.272 e. The molecule has 0 aliphatic heterocycles. The van der Waals surface area contributed by atoms with Gasteiger partial charge >= 0.3 is 0 Å². The first-order valence-corrected chi connectivity index (χ1v) is 7.64. The van der Waals surface area contributed by atoms with Crippen molar-refractivity contribution < 1.29 is 9.59 Å². The Labute approximate surface area is 127 Å². The number of nitrogens with zero attached hydrogens (tertiary/aromatic N) is 2. The largest absolute Gasteiger partial charge is 0.272 e. The van der Waals surface area contributed by atoms with E-state index in [1.54, 1.807) is 29.8 Å². The lowest BCUT2D eigenvalue weighted by atomic mass is 10.2. The smallest absolute Gasteiger partial charge is 0.271 e. The Kier molecular flexibility index (Phi) is 5.33. The van der Waals surface area contributed by atoms with Crippen LogP contribution in [0.3, 0.4) is 0 Å². The monoisotopic (exact) mass is 328 g/mol. The predicted octanol–water partition coefficient (Wildman–Crippen LogP) is 1.74. The highest BCUT2D eigenvalue weighted by Gasteiger charge is 2.11. The van der Waals surface area contributed by atoms with Gasteiger partial charge in [0.25, 0.3) is 5.91 Å². The van der Waals surface area contributed by atoms with Crippen molar-refractivity contribution in [1.82, 2.24) is 21.0 Å². The van der Waals surface area contributed by atoms with Crippen molar-refractivity contribution in [3.05, 3.63) is 40.4 Å². The zero-order valence-electron chi connectivity index (χ0n) is 10.00. The van der Waals surface area contributed by atoms with E-state index in [4.69, 9.17) is 11.6 Å². The van der Waals surface area contributed by atoms with E-state index in [1.165, 1.54) is 23.1 Å². The van der Waals surface area contributed by atoms with Gasteiger partial charge in [0.15, 0.2) is 4.34 Å². The highest BCUT2D eigenvalue weighted by Crippen LogP contribution is 2.18. The van der Waals surface area contributed by atoms with E-state index in [2.05, 4.69) is 21.0 Å². The molecule has 0 spiro atoms. The minimum absolute atomic E-state index is 0.137. The molecular weight excluding hydrogens is 320 g/mol. The van der Waals surface area contributed by atoms with Gasteiger partial charge in [-0.1, -0.05) is 46.8 Å². The zero-order chi connectivity index (χ0) is 14.4. The van der Waals surface area contributed by atoms with Gasteiger partial charge < -0.3 is 0 Å². The molecule has 2 aromatic rings. The second kappa shape index (κ2) is 7.22. The lowest BCUT2D eigenvalue weighted by Gasteiger charge is -2.07. The zero-order valence-corrected chi connectivity index (χ0v) is 12.4. The van der Waals surface area contributed by atoms with E-state index in [1.807, 2.05) is 0 Å². The fourth-order valence-corrected chi connectivity index (χ4v) is 2.74. The Morgan fingerprint density at radius 2 is 2.10 bits per heavy atom. The van der Waals surface area contributed by atoms with Crippen LogP contribution in [0.1, 0.15) is 10.4 Å². The first-order valence-electron chi connectivity index (χ1n) is 5.39. The van der Waals surface area contributed by atoms with Gasteiger partial charge in [-0.15, -0.1) is 10.2 Å². The molecule has 0 saturated carbocycles. The molecule has 20 heavy (non-hydrogen) atoms. The Bertz CT molecular complexity index is 606. The van der Waals surface area contributed by atoms with E-state index in [9.17, 15) is 9.59 Å². The van der Waals surface area contributed by atoms with Crippen LogP contribution in [0.25, 0.3) is 0 Å². The standard InChI is InChI=1S/C11H9ClN4O2S2/c12-8-4-2-1-3-7(8)10(18)15-14-9(17)5-19-11-16-13-6-20-11/h1-4,6H,5H2,(H,14,17)(H,15,18). The van der Waals surface area contributed by atoms with Crippen molar-refractivity contribution in [2.24, 2.45) is 0 Å². The summed E-state index contributed by atoms with van der Waals surface area (Å²) in [6.45, 7) is 0. The maximum atomic E-state index is 11.8. The number of hydrazine groups is 1. The van der Waals surface area contributed by atoms with Gasteiger partial charge in [0.1, 0.15) is 5.51 Å². The average molecular weight is 329 g/mol. The van der Waals surface area contributed by atoms with E-state index < -0.39 is 5.91 Å². The van der Waals surface area contributed by atoms with Crippen molar-refractivity contribution >= 4 is 46.5 Å². The number of amides is 2. The molecule has 104 valence electrons. The first-order chi connectivity index (χ1) is 9.66. The topological polar surface area (TPSA) is 84.0 Å². The molecule has 2 amide bonds. The molecule has 1 heterocycles. The number of aromatic nitrogens is 2. The second-order valence-corrected chi connectivity index (χ2v) is 5.94. The summed E-state index contributed by atoms with van der Waals surface area (Å²) < 4.78 is 0.692. The van der Waals surface area contributed by atoms with Gasteiger partial charge in [0.05, 0.1) is 16.3 Å². The Hall–Kier alpha value is -1.64. The van der Waals surface area contributed by atoms with Crippen LogP contribution >= 0.6 is 34.7 Å². The van der Waals surface area contributed by atoms with Crippen LogP contribution in [0, 0.1) is 0 Å². The van der Waals surface area contributed by atoms with Gasteiger partial charge in [0, 0.05) is 0 Å². The van der Waals surface area contributed by atoms with Crippen molar-refractivity contribution in [2.75, 3.05) is 5.75 Å². The molecule has 0 unspecified atom stereocenters. The third-order valence-corrected chi connectivity index (χ3v) is 4.29. The molecule has 0 aliphatic carbocycles. The first kappa shape index (κ1) is 14.8. The third kappa shape index (κ3) is 4.19. The summed E-state index contributed by atoms with van der Waals surface area (Å²) >= 11 is 8.46. The lowest BCUT2D eigenvalue weighted by molar-refractivity contribution is -0.119. The van der Waals surface area contributed by atoms with E-state index in [0.717, 1.165) is 0 Å². The maximum Gasteiger partial charge on any atom is 0.271 e. The summed E-state index contributed by atoms with van der Waals surface area (Å²) in [5, 5.41) is 7.77. The Morgan fingerprint density at radius 1 is 1.30 bits per heavy atom. The second-order valence-electron chi connectivity index (χ2n) is 3.48. The molecule has 0 aliphatic rings. The number of thioether (sulfide) groups is 1. The molecule has 2 N–H and O–H groups in total. The van der Waals surface area contributed by atoms with E-state index in [-0.39, 0.29) is 11.7 Å². The minimum atomic E-state index is -0.468. The fraction of sp³-hybridized carbons (Fsp3) is 0.0909. The van der Waals surface area contributed by atoms with Crippen molar-refractivity contribution in [3.8, 4) is 0 Å². The summed E-state index contributed by atoms with van der Waals surface area (Å²) in [7, 11) is 0. The molecular formula is C11H9ClN4O2S2. The summed E-state index contributed by atoms with van der Waals surface area (Å²) in [5.41, 5.74) is 6.49. The molecule has 1 aromatic carbocycles. The van der Waals surface area contributed by atoms with Crippen molar-refractivity contribution in [1.29, 1.82) is 0 Å². The molecule has 0 bridgehead atoms. The Balaban J connectivity index is 1.78. The average Bonchev–Trinajstić information content (AvgIpc) is 2.96. The number of hydrogen-bond donors (Lipinski definition) is 2. The van der Waals surface area contributed by atoms with Crippen LogP contribution in [0.5, 0.6) is 0 Å². The quantitative estimate of drug-likeness (QED) is 0.660.